The first-order valence-electron chi connectivity index (χ1n) is 5.03. The van der Waals surface area contributed by atoms with Gasteiger partial charge < -0.3 is 9.64 Å². The maximum absolute atomic E-state index is 5.95. The quantitative estimate of drug-likeness (QED) is 0.764. The van der Waals surface area contributed by atoms with E-state index < -0.39 is 0 Å². The Morgan fingerprint density at radius 1 is 1.40 bits per heavy atom. The number of rotatable bonds is 2. The number of benzene rings is 1. The number of nitrogens with zero attached hydrogens (tertiary/aromatic N) is 1. The van der Waals surface area contributed by atoms with Gasteiger partial charge in [-0.05, 0) is 24.3 Å². The van der Waals surface area contributed by atoms with Gasteiger partial charge in [-0.2, -0.15) is 0 Å². The van der Waals surface area contributed by atoms with Crippen molar-refractivity contribution in [2.45, 2.75) is 6.42 Å². The van der Waals surface area contributed by atoms with Crippen LogP contribution in [0.3, 0.4) is 0 Å². The Bertz CT molecular complexity index is 376. The maximum Gasteiger partial charge on any atom is 0.0950 e. The Hall–Kier alpha value is -1.15. The van der Waals surface area contributed by atoms with Crippen molar-refractivity contribution in [2.75, 3.05) is 25.1 Å². The van der Waals surface area contributed by atoms with Gasteiger partial charge >= 0.3 is 0 Å². The minimum absolute atomic E-state index is 0.786. The molecule has 0 aliphatic carbocycles. The highest BCUT2D eigenvalue weighted by atomic mass is 35.5. The van der Waals surface area contributed by atoms with Crippen molar-refractivity contribution in [1.29, 1.82) is 0 Å². The van der Waals surface area contributed by atoms with Gasteiger partial charge in [-0.1, -0.05) is 17.7 Å². The Balaban J connectivity index is 2.11. The molecular formula is C12H14ClNO. The summed E-state index contributed by atoms with van der Waals surface area (Å²) >= 11 is 5.95. The van der Waals surface area contributed by atoms with Gasteiger partial charge in [0.05, 0.1) is 12.9 Å². The van der Waals surface area contributed by atoms with E-state index in [0.29, 0.717) is 0 Å². The first kappa shape index (κ1) is 10.4. The monoisotopic (exact) mass is 223 g/mol. The lowest BCUT2D eigenvalue weighted by Gasteiger charge is -2.27. The van der Waals surface area contributed by atoms with Gasteiger partial charge in [0, 0.05) is 30.2 Å². The van der Waals surface area contributed by atoms with Gasteiger partial charge in [0.15, 0.2) is 0 Å². The van der Waals surface area contributed by atoms with Crippen molar-refractivity contribution >= 4 is 17.3 Å². The fraction of sp³-hybridized carbons (Fsp3) is 0.333. The van der Waals surface area contributed by atoms with Gasteiger partial charge in [0.25, 0.3) is 0 Å². The second kappa shape index (κ2) is 4.58. The van der Waals surface area contributed by atoms with E-state index in [4.69, 9.17) is 16.3 Å². The number of anilines is 1. The molecular weight excluding hydrogens is 210 g/mol. The van der Waals surface area contributed by atoms with Crippen molar-refractivity contribution in [2.24, 2.45) is 0 Å². The Morgan fingerprint density at radius 2 is 2.27 bits per heavy atom. The van der Waals surface area contributed by atoms with Crippen molar-refractivity contribution in [3.8, 4) is 0 Å². The number of ether oxygens (including phenoxy) is 1. The normalized spacial score (nSPS) is 16.1. The molecule has 0 saturated carbocycles. The second-order valence-electron chi connectivity index (χ2n) is 3.55. The number of hydrogen-bond acceptors (Lipinski definition) is 2. The standard InChI is InChI=1S/C12H14ClNO/c1-15-12-5-7-14(8-6-12)11-4-2-3-10(13)9-11/h2-5,9H,6-8H2,1H3. The fourth-order valence-corrected chi connectivity index (χ4v) is 1.93. The van der Waals surface area contributed by atoms with E-state index in [1.807, 2.05) is 18.2 Å². The Labute approximate surface area is 95.1 Å². The minimum atomic E-state index is 0.786. The second-order valence-corrected chi connectivity index (χ2v) is 3.99. The van der Waals surface area contributed by atoms with Gasteiger partial charge in [-0.3, -0.25) is 0 Å². The van der Waals surface area contributed by atoms with E-state index >= 15 is 0 Å². The summed E-state index contributed by atoms with van der Waals surface area (Å²) in [5.74, 6) is 1.08. The third-order valence-electron chi connectivity index (χ3n) is 2.60. The summed E-state index contributed by atoms with van der Waals surface area (Å²) in [6, 6.07) is 7.95. The van der Waals surface area contributed by atoms with Crippen molar-refractivity contribution < 1.29 is 4.74 Å². The van der Waals surface area contributed by atoms with Crippen molar-refractivity contribution in [1.82, 2.24) is 0 Å². The van der Waals surface area contributed by atoms with Crippen LogP contribution in [0.2, 0.25) is 5.02 Å². The smallest absolute Gasteiger partial charge is 0.0950 e. The molecule has 1 aromatic rings. The summed E-state index contributed by atoms with van der Waals surface area (Å²) < 4.78 is 5.21. The van der Waals surface area contributed by atoms with Gasteiger partial charge in [0.1, 0.15) is 0 Å². The highest BCUT2D eigenvalue weighted by molar-refractivity contribution is 6.30. The van der Waals surface area contributed by atoms with E-state index in [1.165, 1.54) is 5.69 Å². The summed E-state index contributed by atoms with van der Waals surface area (Å²) in [6.07, 6.45) is 3.08. The molecule has 80 valence electrons. The molecule has 2 rings (SSSR count). The predicted octanol–water partition coefficient (Wildman–Crippen LogP) is 3.08. The lowest BCUT2D eigenvalue weighted by atomic mass is 10.2. The molecule has 0 saturated heterocycles. The highest BCUT2D eigenvalue weighted by Crippen LogP contribution is 2.22. The number of halogens is 1. The van der Waals surface area contributed by atoms with Crippen LogP contribution in [0.4, 0.5) is 5.69 Å². The molecule has 0 unspecified atom stereocenters. The molecule has 0 atom stereocenters. The number of hydrogen-bond donors (Lipinski definition) is 0. The average Bonchev–Trinajstić information content (AvgIpc) is 2.29. The predicted molar refractivity (Wildman–Crippen MR) is 63.4 cm³/mol. The van der Waals surface area contributed by atoms with Crippen LogP contribution in [0.5, 0.6) is 0 Å². The van der Waals surface area contributed by atoms with Crippen LogP contribution in [-0.2, 0) is 4.74 Å². The zero-order chi connectivity index (χ0) is 10.7. The summed E-state index contributed by atoms with van der Waals surface area (Å²) in [6.45, 7) is 1.88. The zero-order valence-corrected chi connectivity index (χ0v) is 9.50. The van der Waals surface area contributed by atoms with Gasteiger partial charge in [-0.25, -0.2) is 0 Å². The third-order valence-corrected chi connectivity index (χ3v) is 2.84. The highest BCUT2D eigenvalue weighted by Gasteiger charge is 2.12. The topological polar surface area (TPSA) is 12.5 Å². The molecule has 1 aromatic carbocycles. The molecule has 0 N–H and O–H groups in total. The average molecular weight is 224 g/mol. The SMILES string of the molecule is COC1=CCN(c2cccc(Cl)c2)CC1. The molecule has 2 nitrogen and oxygen atoms in total. The van der Waals surface area contributed by atoms with Gasteiger partial charge in [0.2, 0.25) is 0 Å². The fourth-order valence-electron chi connectivity index (χ4n) is 1.74. The summed E-state index contributed by atoms with van der Waals surface area (Å²) in [5, 5.41) is 0.786. The van der Waals surface area contributed by atoms with Crippen molar-refractivity contribution in [3.63, 3.8) is 0 Å². The molecule has 0 fully saturated rings. The lowest BCUT2D eigenvalue weighted by molar-refractivity contribution is 0.272. The molecule has 1 aliphatic rings. The Morgan fingerprint density at radius 3 is 2.87 bits per heavy atom. The molecule has 0 amide bonds. The van der Waals surface area contributed by atoms with Gasteiger partial charge in [-0.15, -0.1) is 0 Å². The van der Waals surface area contributed by atoms with Crippen LogP contribution < -0.4 is 4.90 Å². The summed E-state index contributed by atoms with van der Waals surface area (Å²) in [7, 11) is 1.72. The minimum Gasteiger partial charge on any atom is -0.501 e. The van der Waals surface area contributed by atoms with Crippen molar-refractivity contribution in [3.05, 3.63) is 41.1 Å². The molecule has 3 heteroatoms. The Kier molecular flexibility index (Phi) is 3.17. The van der Waals surface area contributed by atoms with Crippen LogP contribution in [0, 0.1) is 0 Å². The van der Waals surface area contributed by atoms with E-state index in [1.54, 1.807) is 7.11 Å². The van der Waals surface area contributed by atoms with Crippen LogP contribution in [0.15, 0.2) is 36.1 Å². The van der Waals surface area contributed by atoms with E-state index in [2.05, 4.69) is 17.0 Å². The summed E-state index contributed by atoms with van der Waals surface area (Å²) in [4.78, 5) is 2.29. The molecule has 0 aromatic heterocycles. The van der Waals surface area contributed by atoms with E-state index in [-0.39, 0.29) is 0 Å². The molecule has 1 heterocycles. The maximum atomic E-state index is 5.95. The molecule has 0 radical (unpaired) electrons. The molecule has 15 heavy (non-hydrogen) atoms. The first-order valence-corrected chi connectivity index (χ1v) is 5.41. The van der Waals surface area contributed by atoms with Crippen LogP contribution >= 0.6 is 11.6 Å². The zero-order valence-electron chi connectivity index (χ0n) is 8.74. The first-order chi connectivity index (χ1) is 7.29. The van der Waals surface area contributed by atoms with E-state index in [9.17, 15) is 0 Å². The van der Waals surface area contributed by atoms with E-state index in [0.717, 1.165) is 30.3 Å². The van der Waals surface area contributed by atoms with Crippen LogP contribution in [0.1, 0.15) is 6.42 Å². The summed E-state index contributed by atoms with van der Waals surface area (Å²) in [5.41, 5.74) is 1.17. The molecule has 0 bridgehead atoms. The molecule has 1 aliphatic heterocycles. The third kappa shape index (κ3) is 2.45. The molecule has 0 spiro atoms. The number of methoxy groups -OCH3 is 1. The largest absolute Gasteiger partial charge is 0.501 e. The van der Waals surface area contributed by atoms with Crippen LogP contribution in [-0.4, -0.2) is 20.2 Å². The lowest BCUT2D eigenvalue weighted by Crippen LogP contribution is -2.28. The van der Waals surface area contributed by atoms with Crippen LogP contribution in [0.25, 0.3) is 0 Å².